The van der Waals surface area contributed by atoms with Crippen molar-refractivity contribution in [3.05, 3.63) is 51.2 Å². The summed E-state index contributed by atoms with van der Waals surface area (Å²) < 4.78 is 6.77. The second-order valence-corrected chi connectivity index (χ2v) is 6.48. The summed E-state index contributed by atoms with van der Waals surface area (Å²) in [6, 6.07) is 13.4. The Balaban J connectivity index is 2.17. The number of hydrogen-bond acceptors (Lipinski definition) is 4. The molecule has 0 spiro atoms. The predicted octanol–water partition coefficient (Wildman–Crippen LogP) is 4.32. The molecule has 0 aliphatic carbocycles. The Morgan fingerprint density at radius 2 is 2.00 bits per heavy atom. The van der Waals surface area contributed by atoms with E-state index in [1.165, 1.54) is 11.3 Å². The van der Waals surface area contributed by atoms with E-state index in [9.17, 15) is 0 Å². The summed E-state index contributed by atoms with van der Waals surface area (Å²) in [5.41, 5.74) is 7.15. The van der Waals surface area contributed by atoms with Gasteiger partial charge < -0.3 is 10.5 Å². The van der Waals surface area contributed by atoms with Crippen LogP contribution >= 0.6 is 22.9 Å². The highest BCUT2D eigenvalue weighted by atomic mass is 35.5. The lowest BCUT2D eigenvalue weighted by Crippen LogP contribution is -2.30. The first-order valence-electron chi connectivity index (χ1n) is 6.77. The summed E-state index contributed by atoms with van der Waals surface area (Å²) in [6.45, 7) is 2.03. The van der Waals surface area contributed by atoms with Crippen LogP contribution in [0.25, 0.3) is 0 Å². The van der Waals surface area contributed by atoms with Gasteiger partial charge in [0.15, 0.2) is 0 Å². The average Bonchev–Trinajstić information content (AvgIpc) is 2.92. The van der Waals surface area contributed by atoms with Crippen molar-refractivity contribution in [3.8, 4) is 11.8 Å². The molecule has 1 aromatic heterocycles. The Bertz CT molecular complexity index is 618. The van der Waals surface area contributed by atoms with E-state index in [2.05, 4.69) is 6.07 Å². The number of ether oxygens (including phenoxy) is 1. The van der Waals surface area contributed by atoms with Gasteiger partial charge >= 0.3 is 0 Å². The fourth-order valence-electron chi connectivity index (χ4n) is 1.98. The molecule has 110 valence electrons. The lowest BCUT2D eigenvalue weighted by molar-refractivity contribution is 0.174. The molecular formula is C16H17ClN2OS. The molecule has 21 heavy (non-hydrogen) atoms. The molecule has 0 amide bonds. The van der Waals surface area contributed by atoms with Crippen molar-refractivity contribution < 1.29 is 4.74 Å². The van der Waals surface area contributed by atoms with Gasteiger partial charge in [0.1, 0.15) is 11.9 Å². The Kier molecular flexibility index (Phi) is 5.63. The van der Waals surface area contributed by atoms with Crippen LogP contribution in [0, 0.1) is 11.3 Å². The van der Waals surface area contributed by atoms with Crippen LogP contribution < -0.4 is 10.5 Å². The maximum Gasteiger partial charge on any atom is 0.148 e. The lowest BCUT2D eigenvalue weighted by Gasteiger charge is -2.23. The van der Waals surface area contributed by atoms with E-state index in [1.54, 1.807) is 0 Å². The first-order chi connectivity index (χ1) is 10.1. The van der Waals surface area contributed by atoms with Gasteiger partial charge in [-0.2, -0.15) is 5.26 Å². The quantitative estimate of drug-likeness (QED) is 0.862. The van der Waals surface area contributed by atoms with Gasteiger partial charge in [0, 0.05) is 10.9 Å². The molecule has 2 unspecified atom stereocenters. The molecule has 0 radical (unpaired) electrons. The molecule has 5 heteroatoms. The van der Waals surface area contributed by atoms with Crippen molar-refractivity contribution in [2.75, 3.05) is 0 Å². The third kappa shape index (κ3) is 4.21. The number of nitriles is 1. The zero-order chi connectivity index (χ0) is 15.2. The summed E-state index contributed by atoms with van der Waals surface area (Å²) in [5.74, 6) is 0.745. The lowest BCUT2D eigenvalue weighted by atomic mass is 10.1. The number of nitrogens with zero attached hydrogens (tertiary/aromatic N) is 1. The number of halogens is 1. The highest BCUT2D eigenvalue weighted by molar-refractivity contribution is 7.16. The van der Waals surface area contributed by atoms with Crippen LogP contribution in [0.3, 0.4) is 0 Å². The third-order valence-electron chi connectivity index (χ3n) is 3.20. The largest absolute Gasteiger partial charge is 0.483 e. The molecule has 0 aliphatic heterocycles. The van der Waals surface area contributed by atoms with E-state index in [0.29, 0.717) is 6.42 Å². The molecule has 1 heterocycles. The van der Waals surface area contributed by atoms with Crippen molar-refractivity contribution >= 4 is 22.9 Å². The fraction of sp³-hybridized carbons (Fsp3) is 0.312. The molecule has 2 rings (SSSR count). The molecule has 0 fully saturated rings. The van der Waals surface area contributed by atoms with Crippen LogP contribution in [0.4, 0.5) is 0 Å². The zero-order valence-electron chi connectivity index (χ0n) is 11.8. The second kappa shape index (κ2) is 7.46. The summed E-state index contributed by atoms with van der Waals surface area (Å²) >= 11 is 7.49. The summed E-state index contributed by atoms with van der Waals surface area (Å²) in [5, 5.41) is 8.68. The second-order valence-electron chi connectivity index (χ2n) is 4.73. The van der Waals surface area contributed by atoms with Gasteiger partial charge in [0.25, 0.3) is 0 Å². The van der Waals surface area contributed by atoms with E-state index in [1.807, 2.05) is 43.3 Å². The molecule has 2 aromatic rings. The molecule has 2 N–H and O–H groups in total. The minimum atomic E-state index is -0.214. The number of hydrogen-bond donors (Lipinski definition) is 1. The predicted molar refractivity (Wildman–Crippen MR) is 86.7 cm³/mol. The first kappa shape index (κ1) is 15.8. The van der Waals surface area contributed by atoms with Crippen molar-refractivity contribution in [2.45, 2.75) is 31.9 Å². The van der Waals surface area contributed by atoms with Gasteiger partial charge in [-0.05, 0) is 36.2 Å². The third-order valence-corrected chi connectivity index (χ3v) is 4.50. The number of rotatable bonds is 6. The van der Waals surface area contributed by atoms with Crippen LogP contribution in [0.1, 0.15) is 29.9 Å². The number of nitrogens with two attached hydrogens (primary N) is 1. The van der Waals surface area contributed by atoms with Gasteiger partial charge in [-0.25, -0.2) is 0 Å². The van der Waals surface area contributed by atoms with E-state index in [-0.39, 0.29) is 12.1 Å². The van der Waals surface area contributed by atoms with Gasteiger partial charge in [-0.15, -0.1) is 11.3 Å². The first-order valence-corrected chi connectivity index (χ1v) is 7.96. The van der Waals surface area contributed by atoms with Gasteiger partial charge in [0.2, 0.25) is 0 Å². The number of benzene rings is 1. The minimum Gasteiger partial charge on any atom is -0.483 e. The average molecular weight is 321 g/mol. The highest BCUT2D eigenvalue weighted by Crippen LogP contribution is 2.32. The zero-order valence-corrected chi connectivity index (χ0v) is 13.3. The highest BCUT2D eigenvalue weighted by Gasteiger charge is 2.22. The van der Waals surface area contributed by atoms with E-state index in [0.717, 1.165) is 26.9 Å². The molecule has 0 saturated carbocycles. The maximum absolute atomic E-state index is 8.68. The van der Waals surface area contributed by atoms with Crippen LogP contribution in [0.15, 0.2) is 36.4 Å². The Labute approximate surface area is 133 Å². The molecule has 0 aliphatic rings. The normalized spacial score (nSPS) is 13.4. The van der Waals surface area contributed by atoms with Crippen molar-refractivity contribution in [3.63, 3.8) is 0 Å². The SMILES string of the molecule is CCC(N)C(Oc1ccc(CC#N)cc1)c1ccc(Cl)s1. The van der Waals surface area contributed by atoms with Crippen LogP contribution in [-0.2, 0) is 6.42 Å². The van der Waals surface area contributed by atoms with Gasteiger partial charge in [0.05, 0.1) is 16.8 Å². The molecule has 0 saturated heterocycles. The van der Waals surface area contributed by atoms with Crippen molar-refractivity contribution in [1.29, 1.82) is 5.26 Å². The molecular weight excluding hydrogens is 304 g/mol. The Morgan fingerprint density at radius 3 is 2.52 bits per heavy atom. The molecule has 2 atom stereocenters. The fourth-order valence-corrected chi connectivity index (χ4v) is 3.14. The Hall–Kier alpha value is -1.54. The van der Waals surface area contributed by atoms with Crippen LogP contribution in [0.2, 0.25) is 4.34 Å². The van der Waals surface area contributed by atoms with E-state index < -0.39 is 0 Å². The van der Waals surface area contributed by atoms with Crippen LogP contribution in [0.5, 0.6) is 5.75 Å². The minimum absolute atomic E-state index is 0.0986. The molecule has 1 aromatic carbocycles. The van der Waals surface area contributed by atoms with E-state index >= 15 is 0 Å². The smallest absolute Gasteiger partial charge is 0.148 e. The van der Waals surface area contributed by atoms with Crippen molar-refractivity contribution in [2.24, 2.45) is 5.73 Å². The molecule has 3 nitrogen and oxygen atoms in total. The van der Waals surface area contributed by atoms with Gasteiger partial charge in [-0.3, -0.25) is 0 Å². The number of thiophene rings is 1. The molecule has 0 bridgehead atoms. The summed E-state index contributed by atoms with van der Waals surface area (Å²) in [7, 11) is 0. The van der Waals surface area contributed by atoms with Gasteiger partial charge in [-0.1, -0.05) is 30.7 Å². The maximum atomic E-state index is 8.68. The van der Waals surface area contributed by atoms with Crippen molar-refractivity contribution in [1.82, 2.24) is 0 Å². The van der Waals surface area contributed by atoms with Crippen LogP contribution in [-0.4, -0.2) is 6.04 Å². The monoisotopic (exact) mass is 320 g/mol. The topological polar surface area (TPSA) is 59.0 Å². The summed E-state index contributed by atoms with van der Waals surface area (Å²) in [4.78, 5) is 1.02. The standard InChI is InChI=1S/C16H17ClN2OS/c1-2-13(19)16(14-7-8-15(17)21-14)20-12-5-3-11(4-6-12)9-10-18/h3-8,13,16H,2,9,19H2,1H3. The van der Waals surface area contributed by atoms with E-state index in [4.69, 9.17) is 27.3 Å². The Morgan fingerprint density at radius 1 is 1.29 bits per heavy atom. The summed E-state index contributed by atoms with van der Waals surface area (Å²) in [6.07, 6.45) is 1.00.